The molecule has 1 aliphatic rings. The number of halogens is 3. The fourth-order valence-corrected chi connectivity index (χ4v) is 2.86. The summed E-state index contributed by atoms with van der Waals surface area (Å²) in [6.45, 7) is 0.163. The third kappa shape index (κ3) is 4.39. The van der Waals surface area contributed by atoms with Gasteiger partial charge in [0.15, 0.2) is 6.10 Å². The highest BCUT2D eigenvalue weighted by molar-refractivity contribution is 6.06. The van der Waals surface area contributed by atoms with E-state index in [1.807, 2.05) is 30.3 Å². The van der Waals surface area contributed by atoms with E-state index in [1.54, 1.807) is 0 Å². The van der Waals surface area contributed by atoms with E-state index in [0.717, 1.165) is 34.7 Å². The number of nitrogens with zero attached hydrogens (tertiary/aromatic N) is 1. The third-order valence-electron chi connectivity index (χ3n) is 4.37. The molecule has 2 aromatic carbocycles. The van der Waals surface area contributed by atoms with Crippen molar-refractivity contribution in [1.29, 1.82) is 0 Å². The van der Waals surface area contributed by atoms with Gasteiger partial charge in [-0.25, -0.2) is 4.79 Å². The lowest BCUT2D eigenvalue weighted by Gasteiger charge is -2.15. The van der Waals surface area contributed by atoms with Crippen molar-refractivity contribution in [1.82, 2.24) is 4.90 Å². The summed E-state index contributed by atoms with van der Waals surface area (Å²) in [6, 6.07) is 12.7. The molecule has 0 N–H and O–H groups in total. The molecule has 3 rings (SSSR count). The number of rotatable bonds is 5. The molecule has 0 radical (unpaired) electrons. The summed E-state index contributed by atoms with van der Waals surface area (Å²) in [7, 11) is 0. The summed E-state index contributed by atoms with van der Waals surface area (Å²) < 4.78 is 42.8. The molecule has 1 unspecified atom stereocenters. The van der Waals surface area contributed by atoms with E-state index in [4.69, 9.17) is 4.74 Å². The Morgan fingerprint density at radius 3 is 2.29 bits per heavy atom. The summed E-state index contributed by atoms with van der Waals surface area (Å²) in [5, 5.41) is 0. The van der Waals surface area contributed by atoms with E-state index in [2.05, 4.69) is 0 Å². The molecule has 2 amide bonds. The molecule has 1 saturated heterocycles. The molecular weight excluding hydrogens is 375 g/mol. The van der Waals surface area contributed by atoms with E-state index in [0.29, 0.717) is 6.42 Å². The van der Waals surface area contributed by atoms with Crippen LogP contribution in [0.3, 0.4) is 0 Å². The van der Waals surface area contributed by atoms with Crippen LogP contribution in [0.1, 0.15) is 27.9 Å². The Morgan fingerprint density at radius 2 is 1.68 bits per heavy atom. The first-order valence-corrected chi connectivity index (χ1v) is 8.52. The van der Waals surface area contributed by atoms with Crippen LogP contribution in [0.4, 0.5) is 13.2 Å². The Kier molecular flexibility index (Phi) is 5.48. The Hall–Kier alpha value is -3.16. The lowest BCUT2D eigenvalue weighted by atomic mass is 10.1. The number of esters is 1. The number of hydrogen-bond acceptors (Lipinski definition) is 4. The quantitative estimate of drug-likeness (QED) is 0.580. The van der Waals surface area contributed by atoms with Crippen molar-refractivity contribution in [2.75, 3.05) is 6.54 Å². The lowest BCUT2D eigenvalue weighted by Crippen LogP contribution is -2.35. The maximum atomic E-state index is 12.6. The minimum atomic E-state index is -4.52. The van der Waals surface area contributed by atoms with Crippen LogP contribution >= 0.6 is 0 Å². The average Bonchev–Trinajstić information content (AvgIpc) is 2.93. The number of benzene rings is 2. The minimum absolute atomic E-state index is 0.129. The molecule has 8 heteroatoms. The second-order valence-corrected chi connectivity index (χ2v) is 6.29. The van der Waals surface area contributed by atoms with Crippen LogP contribution in [0.15, 0.2) is 54.6 Å². The van der Waals surface area contributed by atoms with Gasteiger partial charge in [-0.05, 0) is 36.2 Å². The van der Waals surface area contributed by atoms with Crippen LogP contribution in [-0.4, -0.2) is 35.3 Å². The molecule has 0 aliphatic carbocycles. The molecule has 0 aromatic heterocycles. The maximum Gasteiger partial charge on any atom is 0.416 e. The first kappa shape index (κ1) is 19.6. The number of hydrogen-bond donors (Lipinski definition) is 0. The normalized spacial score (nSPS) is 17.1. The number of imide groups is 1. The van der Waals surface area contributed by atoms with Crippen molar-refractivity contribution in [3.8, 4) is 0 Å². The van der Waals surface area contributed by atoms with Gasteiger partial charge in [-0.1, -0.05) is 30.3 Å². The van der Waals surface area contributed by atoms with Gasteiger partial charge in [-0.15, -0.1) is 0 Å². The highest BCUT2D eigenvalue weighted by Gasteiger charge is 2.41. The summed E-state index contributed by atoms with van der Waals surface area (Å²) in [5.41, 5.74) is -0.0764. The van der Waals surface area contributed by atoms with Gasteiger partial charge < -0.3 is 4.74 Å². The molecule has 1 fully saturated rings. The third-order valence-corrected chi connectivity index (χ3v) is 4.37. The molecule has 1 aliphatic heterocycles. The van der Waals surface area contributed by atoms with Crippen molar-refractivity contribution in [2.45, 2.75) is 25.1 Å². The highest BCUT2D eigenvalue weighted by atomic mass is 19.4. The Morgan fingerprint density at radius 1 is 1.04 bits per heavy atom. The second kappa shape index (κ2) is 7.84. The van der Waals surface area contributed by atoms with Gasteiger partial charge >= 0.3 is 12.1 Å². The highest BCUT2D eigenvalue weighted by Crippen LogP contribution is 2.29. The van der Waals surface area contributed by atoms with Crippen molar-refractivity contribution < 1.29 is 32.3 Å². The largest absolute Gasteiger partial charge is 0.448 e. The van der Waals surface area contributed by atoms with E-state index in [9.17, 15) is 27.6 Å². The second-order valence-electron chi connectivity index (χ2n) is 6.29. The minimum Gasteiger partial charge on any atom is -0.448 e. The summed E-state index contributed by atoms with van der Waals surface area (Å²) in [5.74, 6) is -2.03. The molecular formula is C20H16F3NO4. The van der Waals surface area contributed by atoms with E-state index in [-0.39, 0.29) is 18.5 Å². The van der Waals surface area contributed by atoms with Gasteiger partial charge in [-0.3, -0.25) is 14.5 Å². The molecule has 2 aromatic rings. The van der Waals surface area contributed by atoms with Gasteiger partial charge in [0.2, 0.25) is 5.91 Å². The lowest BCUT2D eigenvalue weighted by molar-refractivity contribution is -0.141. The van der Waals surface area contributed by atoms with Gasteiger partial charge in [0.05, 0.1) is 17.5 Å². The topological polar surface area (TPSA) is 63.7 Å². The summed E-state index contributed by atoms with van der Waals surface area (Å²) in [6.07, 6.45) is -5.59. The van der Waals surface area contributed by atoms with Crippen LogP contribution in [-0.2, 0) is 26.9 Å². The van der Waals surface area contributed by atoms with Crippen LogP contribution in [0, 0.1) is 0 Å². The SMILES string of the molecule is O=C(OC1CC(=O)N(CCc2ccccc2)C1=O)c1ccc(C(F)(F)F)cc1. The summed E-state index contributed by atoms with van der Waals surface area (Å²) in [4.78, 5) is 37.6. The molecule has 28 heavy (non-hydrogen) atoms. The molecule has 5 nitrogen and oxygen atoms in total. The van der Waals surface area contributed by atoms with Gasteiger partial charge in [0.25, 0.3) is 5.91 Å². The molecule has 0 bridgehead atoms. The molecule has 146 valence electrons. The fourth-order valence-electron chi connectivity index (χ4n) is 2.86. The van der Waals surface area contributed by atoms with Crippen molar-refractivity contribution in [3.05, 3.63) is 71.3 Å². The molecule has 0 saturated carbocycles. The van der Waals surface area contributed by atoms with Crippen LogP contribution < -0.4 is 0 Å². The predicted octanol–water partition coefficient (Wildman–Crippen LogP) is 3.23. The molecule has 0 spiro atoms. The summed E-state index contributed by atoms with van der Waals surface area (Å²) >= 11 is 0. The monoisotopic (exact) mass is 391 g/mol. The van der Waals surface area contributed by atoms with E-state index >= 15 is 0 Å². The number of alkyl halides is 3. The fraction of sp³-hybridized carbons (Fsp3) is 0.250. The number of likely N-dealkylation sites (tertiary alicyclic amines) is 1. The predicted molar refractivity (Wildman–Crippen MR) is 92.1 cm³/mol. The number of ether oxygens (including phenoxy) is 1. The van der Waals surface area contributed by atoms with Crippen molar-refractivity contribution in [3.63, 3.8) is 0 Å². The molecule has 1 heterocycles. The van der Waals surface area contributed by atoms with Crippen molar-refractivity contribution >= 4 is 17.8 Å². The van der Waals surface area contributed by atoms with Crippen LogP contribution in [0.25, 0.3) is 0 Å². The first-order valence-electron chi connectivity index (χ1n) is 8.52. The van der Waals surface area contributed by atoms with Gasteiger partial charge in [-0.2, -0.15) is 13.2 Å². The first-order chi connectivity index (χ1) is 13.3. The zero-order chi connectivity index (χ0) is 20.3. The number of carbonyl (C=O) groups excluding carboxylic acids is 3. The maximum absolute atomic E-state index is 12.6. The Labute approximate surface area is 158 Å². The number of amides is 2. The smallest absolute Gasteiger partial charge is 0.416 e. The van der Waals surface area contributed by atoms with Crippen LogP contribution in [0.5, 0.6) is 0 Å². The Balaban J connectivity index is 1.60. The number of carbonyl (C=O) groups is 3. The standard InChI is InChI=1S/C20H16F3NO4/c21-20(22,23)15-8-6-14(7-9-15)19(27)28-16-12-17(25)24(18(16)26)11-10-13-4-2-1-3-5-13/h1-9,16H,10-12H2. The van der Waals surface area contributed by atoms with E-state index < -0.39 is 35.6 Å². The van der Waals surface area contributed by atoms with E-state index in [1.165, 1.54) is 0 Å². The Bertz CT molecular complexity index is 879. The molecule has 1 atom stereocenters. The van der Waals surface area contributed by atoms with Gasteiger partial charge in [0.1, 0.15) is 0 Å². The van der Waals surface area contributed by atoms with Crippen LogP contribution in [0.2, 0.25) is 0 Å². The average molecular weight is 391 g/mol. The van der Waals surface area contributed by atoms with Gasteiger partial charge in [0, 0.05) is 6.54 Å². The zero-order valence-electron chi connectivity index (χ0n) is 14.6. The zero-order valence-corrected chi connectivity index (χ0v) is 14.6. The van der Waals surface area contributed by atoms with Crippen molar-refractivity contribution in [2.24, 2.45) is 0 Å².